The van der Waals surface area contributed by atoms with Gasteiger partial charge in [0.15, 0.2) is 0 Å². The molecule has 0 unspecified atom stereocenters. The van der Waals surface area contributed by atoms with Crippen LogP contribution in [0, 0.1) is 45.8 Å². The maximum Gasteiger partial charge on any atom is 0.142 e. The molecule has 0 saturated carbocycles. The van der Waals surface area contributed by atoms with Crippen LogP contribution in [0.1, 0.15) is 49.3 Å². The van der Waals surface area contributed by atoms with Crippen LogP contribution in [-0.4, -0.2) is 0 Å². The third-order valence-corrected chi connectivity index (χ3v) is 4.60. The van der Waals surface area contributed by atoms with Crippen molar-refractivity contribution in [3.05, 3.63) is 64.2 Å². The van der Waals surface area contributed by atoms with Crippen molar-refractivity contribution in [2.75, 3.05) is 0 Å². The third-order valence-electron chi connectivity index (χ3n) is 3.92. The van der Waals surface area contributed by atoms with E-state index in [1.54, 1.807) is 5.40 Å². The lowest BCUT2D eigenvalue weighted by Crippen LogP contribution is -1.98. The molecule has 0 aliphatic rings. The van der Waals surface area contributed by atoms with Gasteiger partial charge in [-0.25, -0.2) is 17.6 Å². The maximum atomic E-state index is 14.2. The summed E-state index contributed by atoms with van der Waals surface area (Å²) >= 11 is 0.375. The van der Waals surface area contributed by atoms with Crippen molar-refractivity contribution in [1.29, 1.82) is 5.26 Å². The van der Waals surface area contributed by atoms with Crippen molar-refractivity contribution < 1.29 is 17.6 Å². The van der Waals surface area contributed by atoms with Gasteiger partial charge in [-0.3, -0.25) is 0 Å². The van der Waals surface area contributed by atoms with Crippen LogP contribution in [0.2, 0.25) is 0 Å². The number of benzene rings is 2. The minimum absolute atomic E-state index is 0.0109. The molecule has 2 aromatic rings. The molecule has 0 aliphatic carbocycles. The summed E-state index contributed by atoms with van der Waals surface area (Å²) < 4.78 is 55.9. The Labute approximate surface area is 160 Å². The number of rotatable bonds is 6. The molecule has 0 radical (unpaired) electrons. The molecule has 0 aliphatic heterocycles. The zero-order valence-electron chi connectivity index (χ0n) is 14.7. The van der Waals surface area contributed by atoms with Gasteiger partial charge in [-0.2, -0.15) is 5.26 Å². The van der Waals surface area contributed by atoms with Crippen LogP contribution in [0.25, 0.3) is 0 Å². The molecule has 140 valence electrons. The summed E-state index contributed by atoms with van der Waals surface area (Å²) in [5.74, 6) is 1.84. The summed E-state index contributed by atoms with van der Waals surface area (Å²) in [6.07, 6.45) is 3.99. The number of hydrogen-bond donors (Lipinski definition) is 0. The summed E-state index contributed by atoms with van der Waals surface area (Å²) in [7, 11) is 0. The number of unbranched alkanes of at least 4 members (excludes halogenated alkanes) is 3. The predicted molar refractivity (Wildman–Crippen MR) is 98.0 cm³/mol. The van der Waals surface area contributed by atoms with Gasteiger partial charge in [0.25, 0.3) is 0 Å². The molecule has 0 atom stereocenters. The molecule has 0 spiro atoms. The summed E-state index contributed by atoms with van der Waals surface area (Å²) in [6, 6.07) is 4.20. The molecule has 0 aromatic heterocycles. The molecule has 2 rings (SSSR count). The fourth-order valence-electron chi connectivity index (χ4n) is 2.56. The highest BCUT2D eigenvalue weighted by Crippen LogP contribution is 2.25. The first-order valence-electron chi connectivity index (χ1n) is 8.51. The molecule has 0 fully saturated rings. The van der Waals surface area contributed by atoms with Gasteiger partial charge < -0.3 is 0 Å². The highest BCUT2D eigenvalue weighted by Gasteiger charge is 2.12. The molecule has 0 bridgehead atoms. The average molecular weight is 391 g/mol. The van der Waals surface area contributed by atoms with Gasteiger partial charge in [0.05, 0.1) is 4.90 Å². The Kier molecular flexibility index (Phi) is 7.76. The normalized spacial score (nSPS) is 10.2. The van der Waals surface area contributed by atoms with E-state index in [9.17, 15) is 17.6 Å². The smallest absolute Gasteiger partial charge is 0.142 e. The van der Waals surface area contributed by atoms with Crippen LogP contribution in [0.5, 0.6) is 0 Å². The zero-order chi connectivity index (χ0) is 19.8. The highest BCUT2D eigenvalue weighted by molar-refractivity contribution is 8.03. The van der Waals surface area contributed by atoms with Gasteiger partial charge in [-0.05, 0) is 48.9 Å². The van der Waals surface area contributed by atoms with Crippen molar-refractivity contribution in [2.45, 2.75) is 43.9 Å². The Balaban J connectivity index is 2.21. The monoisotopic (exact) mass is 391 g/mol. The Morgan fingerprint density at radius 3 is 1.81 bits per heavy atom. The minimum atomic E-state index is -0.911. The molecule has 0 heterocycles. The van der Waals surface area contributed by atoms with E-state index in [0.717, 1.165) is 43.5 Å². The number of thioether (sulfide) groups is 1. The van der Waals surface area contributed by atoms with Crippen molar-refractivity contribution in [1.82, 2.24) is 0 Å². The molecule has 0 amide bonds. The first-order valence-corrected chi connectivity index (χ1v) is 9.32. The lowest BCUT2D eigenvalue weighted by molar-refractivity contribution is 0.540. The predicted octanol–water partition coefficient (Wildman–Crippen LogP) is 6.34. The van der Waals surface area contributed by atoms with E-state index in [-0.39, 0.29) is 16.7 Å². The number of hydrogen-bond acceptors (Lipinski definition) is 2. The first kappa shape index (κ1) is 20.9. The van der Waals surface area contributed by atoms with Gasteiger partial charge in [0.2, 0.25) is 0 Å². The van der Waals surface area contributed by atoms with Gasteiger partial charge in [0.1, 0.15) is 28.7 Å². The van der Waals surface area contributed by atoms with Crippen molar-refractivity contribution in [2.24, 2.45) is 0 Å². The maximum absolute atomic E-state index is 14.2. The Morgan fingerprint density at radius 2 is 1.33 bits per heavy atom. The fraction of sp³-hybridized carbons (Fsp3) is 0.286. The molecule has 0 saturated heterocycles. The van der Waals surface area contributed by atoms with Crippen LogP contribution in [0.15, 0.2) is 29.2 Å². The Bertz CT molecular complexity index is 876. The SMILES string of the molecule is CCCCCCc1c(F)cc(C#Cc2cc(F)c(SC#N)c(F)c2)cc1F. The molecule has 27 heavy (non-hydrogen) atoms. The fourth-order valence-corrected chi connectivity index (χ4v) is 2.97. The van der Waals surface area contributed by atoms with E-state index in [1.165, 1.54) is 0 Å². The quantitative estimate of drug-likeness (QED) is 0.189. The second kappa shape index (κ2) is 10.0. The lowest BCUT2D eigenvalue weighted by Gasteiger charge is -2.06. The first-order chi connectivity index (χ1) is 13.0. The highest BCUT2D eigenvalue weighted by atomic mass is 32.2. The van der Waals surface area contributed by atoms with Gasteiger partial charge >= 0.3 is 0 Å². The van der Waals surface area contributed by atoms with Crippen LogP contribution in [0.3, 0.4) is 0 Å². The second-order valence-electron chi connectivity index (χ2n) is 5.94. The van der Waals surface area contributed by atoms with Crippen LogP contribution in [0.4, 0.5) is 17.6 Å². The summed E-state index contributed by atoms with van der Waals surface area (Å²) in [5.41, 5.74) is 0.127. The molecule has 2 aromatic carbocycles. The van der Waals surface area contributed by atoms with Crippen molar-refractivity contribution in [3.8, 4) is 17.2 Å². The van der Waals surface area contributed by atoms with Crippen LogP contribution < -0.4 is 0 Å². The number of halogens is 4. The summed E-state index contributed by atoms with van der Waals surface area (Å²) in [4.78, 5) is -0.410. The van der Waals surface area contributed by atoms with Gasteiger partial charge in [0, 0.05) is 16.7 Å². The number of thiocyanates is 1. The zero-order valence-corrected chi connectivity index (χ0v) is 15.5. The van der Waals surface area contributed by atoms with E-state index >= 15 is 0 Å². The molecule has 6 heteroatoms. The van der Waals surface area contributed by atoms with Crippen LogP contribution in [-0.2, 0) is 6.42 Å². The van der Waals surface area contributed by atoms with E-state index in [4.69, 9.17) is 5.26 Å². The molecular weight excluding hydrogens is 374 g/mol. The van der Waals surface area contributed by atoms with E-state index < -0.39 is 28.2 Å². The standard InChI is InChI=1S/C21H17F4NS/c1-2-3-4-5-6-16-17(22)9-14(10-18(16)23)7-8-15-11-19(24)21(27-13-26)20(25)12-15/h9-12H,2-6H2,1H3. The molecular formula is C21H17F4NS. The molecule has 1 nitrogen and oxygen atoms in total. The summed E-state index contributed by atoms with van der Waals surface area (Å²) in [6.45, 7) is 2.06. The average Bonchev–Trinajstić information content (AvgIpc) is 2.62. The minimum Gasteiger partial charge on any atom is -0.207 e. The van der Waals surface area contributed by atoms with Crippen LogP contribution >= 0.6 is 11.8 Å². The van der Waals surface area contributed by atoms with Gasteiger partial charge in [-0.1, -0.05) is 38.0 Å². The largest absolute Gasteiger partial charge is 0.207 e. The molecule has 0 N–H and O–H groups in total. The number of nitriles is 1. The van der Waals surface area contributed by atoms with E-state index in [2.05, 4.69) is 18.8 Å². The van der Waals surface area contributed by atoms with E-state index in [0.29, 0.717) is 24.6 Å². The summed E-state index contributed by atoms with van der Waals surface area (Å²) in [5, 5.41) is 10.1. The second-order valence-corrected chi connectivity index (χ2v) is 6.74. The Morgan fingerprint density at radius 1 is 0.815 bits per heavy atom. The Hall–Kier alpha value is -2.44. The lowest BCUT2D eigenvalue weighted by atomic mass is 10.0. The van der Waals surface area contributed by atoms with Gasteiger partial charge in [-0.15, -0.1) is 0 Å². The van der Waals surface area contributed by atoms with E-state index in [1.807, 2.05) is 0 Å². The number of nitrogens with zero attached hydrogens (tertiary/aromatic N) is 1. The third kappa shape index (κ3) is 5.77. The van der Waals surface area contributed by atoms with Crippen molar-refractivity contribution in [3.63, 3.8) is 0 Å². The topological polar surface area (TPSA) is 23.8 Å². The van der Waals surface area contributed by atoms with Crippen molar-refractivity contribution >= 4 is 11.8 Å².